The summed E-state index contributed by atoms with van der Waals surface area (Å²) < 4.78 is 0. The minimum absolute atomic E-state index is 0.0484. The van der Waals surface area contributed by atoms with Gasteiger partial charge in [0.05, 0.1) is 0 Å². The average Bonchev–Trinajstić information content (AvgIpc) is 2.63. The molecule has 4 heteroatoms. The smallest absolute Gasteiger partial charge is 0.317 e. The van der Waals surface area contributed by atoms with E-state index in [9.17, 15) is 4.79 Å². The van der Waals surface area contributed by atoms with Crippen LogP contribution in [0.3, 0.4) is 0 Å². The molecule has 0 bridgehead atoms. The molecule has 2 amide bonds. The zero-order chi connectivity index (χ0) is 12.3. The molecular formula is C13H19N3O. The molecule has 2 N–H and O–H groups in total. The second kappa shape index (κ2) is 5.08. The predicted molar refractivity (Wildman–Crippen MR) is 69.4 cm³/mol. The summed E-state index contributed by atoms with van der Waals surface area (Å²) in [6.45, 7) is 7.29. The van der Waals surface area contributed by atoms with Crippen molar-refractivity contribution in [3.63, 3.8) is 0 Å². The molecule has 0 saturated carbocycles. The lowest BCUT2D eigenvalue weighted by molar-refractivity contribution is 0.219. The van der Waals surface area contributed by atoms with Crippen molar-refractivity contribution in [1.29, 1.82) is 0 Å². The van der Waals surface area contributed by atoms with Gasteiger partial charge in [-0.05, 0) is 37.1 Å². The summed E-state index contributed by atoms with van der Waals surface area (Å²) in [6.07, 6.45) is 0. The monoisotopic (exact) mass is 233 g/mol. The number of carbonyl (C=O) groups is 1. The van der Waals surface area contributed by atoms with Crippen molar-refractivity contribution in [3.05, 3.63) is 29.3 Å². The average molecular weight is 233 g/mol. The van der Waals surface area contributed by atoms with Gasteiger partial charge < -0.3 is 15.5 Å². The van der Waals surface area contributed by atoms with Gasteiger partial charge in [-0.25, -0.2) is 4.79 Å². The quantitative estimate of drug-likeness (QED) is 0.832. The number of aryl methyl sites for hydroxylation is 2. The standard InChI is InChI=1S/C13H19N3O/c1-10-7-11(2)9-12(8-10)14-3-5-16-6-4-15-13(16)17/h7-9,14H,3-6H2,1-2H3,(H,15,17). The first-order chi connectivity index (χ1) is 8.15. The first-order valence-corrected chi connectivity index (χ1v) is 6.00. The molecule has 0 unspecified atom stereocenters. The number of carbonyl (C=O) groups excluding carboxylic acids is 1. The Labute approximate surface area is 102 Å². The van der Waals surface area contributed by atoms with Gasteiger partial charge in [0.25, 0.3) is 0 Å². The molecule has 1 aromatic carbocycles. The summed E-state index contributed by atoms with van der Waals surface area (Å²) in [5, 5.41) is 6.15. The second-order valence-electron chi connectivity index (χ2n) is 4.52. The van der Waals surface area contributed by atoms with E-state index >= 15 is 0 Å². The van der Waals surface area contributed by atoms with Crippen molar-refractivity contribution in [1.82, 2.24) is 10.2 Å². The lowest BCUT2D eigenvalue weighted by atomic mass is 10.1. The molecule has 0 aromatic heterocycles. The number of hydrogen-bond donors (Lipinski definition) is 2. The molecule has 1 aromatic rings. The van der Waals surface area contributed by atoms with Gasteiger partial charge in [0.1, 0.15) is 0 Å². The molecule has 0 radical (unpaired) electrons. The van der Waals surface area contributed by atoms with Crippen molar-refractivity contribution in [2.45, 2.75) is 13.8 Å². The normalized spacial score (nSPS) is 14.9. The third-order valence-corrected chi connectivity index (χ3v) is 2.88. The number of nitrogens with zero attached hydrogens (tertiary/aromatic N) is 1. The van der Waals surface area contributed by atoms with Gasteiger partial charge in [0.2, 0.25) is 0 Å². The van der Waals surface area contributed by atoms with E-state index in [1.54, 1.807) is 0 Å². The predicted octanol–water partition coefficient (Wildman–Crippen LogP) is 1.74. The third kappa shape index (κ3) is 3.12. The molecule has 0 spiro atoms. The fourth-order valence-electron chi connectivity index (χ4n) is 2.14. The fraction of sp³-hybridized carbons (Fsp3) is 0.462. The molecule has 1 fully saturated rings. The number of urea groups is 1. The molecule has 1 aliphatic rings. The molecule has 92 valence electrons. The first kappa shape index (κ1) is 11.8. The van der Waals surface area contributed by atoms with Crippen molar-refractivity contribution in [3.8, 4) is 0 Å². The highest BCUT2D eigenvalue weighted by Crippen LogP contribution is 2.13. The zero-order valence-electron chi connectivity index (χ0n) is 10.4. The molecule has 1 aliphatic heterocycles. The molecule has 1 heterocycles. The third-order valence-electron chi connectivity index (χ3n) is 2.88. The van der Waals surface area contributed by atoms with E-state index in [1.807, 2.05) is 4.90 Å². The highest BCUT2D eigenvalue weighted by Gasteiger charge is 2.18. The van der Waals surface area contributed by atoms with Crippen LogP contribution in [-0.2, 0) is 0 Å². The van der Waals surface area contributed by atoms with Gasteiger partial charge in [0, 0.05) is 31.9 Å². The Balaban J connectivity index is 1.83. The van der Waals surface area contributed by atoms with Crippen LogP contribution in [0.25, 0.3) is 0 Å². The minimum Gasteiger partial charge on any atom is -0.383 e. The van der Waals surface area contributed by atoms with E-state index in [0.717, 1.165) is 31.9 Å². The Hall–Kier alpha value is -1.71. The van der Waals surface area contributed by atoms with E-state index in [2.05, 4.69) is 42.7 Å². The lowest BCUT2D eigenvalue weighted by Crippen LogP contribution is -2.32. The van der Waals surface area contributed by atoms with Crippen LogP contribution >= 0.6 is 0 Å². The topological polar surface area (TPSA) is 44.4 Å². The molecule has 0 aliphatic carbocycles. The molecule has 2 rings (SSSR count). The molecular weight excluding hydrogens is 214 g/mol. The van der Waals surface area contributed by atoms with Gasteiger partial charge in [0.15, 0.2) is 0 Å². The number of hydrogen-bond acceptors (Lipinski definition) is 2. The summed E-state index contributed by atoms with van der Waals surface area (Å²) in [7, 11) is 0. The van der Waals surface area contributed by atoms with Gasteiger partial charge in [-0.3, -0.25) is 0 Å². The molecule has 4 nitrogen and oxygen atoms in total. The molecule has 0 atom stereocenters. The Morgan fingerprint density at radius 3 is 2.59 bits per heavy atom. The summed E-state index contributed by atoms with van der Waals surface area (Å²) in [4.78, 5) is 13.1. The number of nitrogens with one attached hydrogen (secondary N) is 2. The summed E-state index contributed by atoms with van der Waals surface area (Å²) in [5.74, 6) is 0. The van der Waals surface area contributed by atoms with Crippen molar-refractivity contribution < 1.29 is 4.79 Å². The lowest BCUT2D eigenvalue weighted by Gasteiger charge is -2.15. The summed E-state index contributed by atoms with van der Waals surface area (Å²) in [6, 6.07) is 6.44. The molecule has 17 heavy (non-hydrogen) atoms. The van der Waals surface area contributed by atoms with E-state index in [1.165, 1.54) is 11.1 Å². The fourth-order valence-corrected chi connectivity index (χ4v) is 2.14. The first-order valence-electron chi connectivity index (χ1n) is 6.00. The Morgan fingerprint density at radius 2 is 2.00 bits per heavy atom. The van der Waals surface area contributed by atoms with Crippen LogP contribution in [0.2, 0.25) is 0 Å². The SMILES string of the molecule is Cc1cc(C)cc(NCCN2CCNC2=O)c1. The van der Waals surface area contributed by atoms with E-state index < -0.39 is 0 Å². The van der Waals surface area contributed by atoms with Gasteiger partial charge in [-0.2, -0.15) is 0 Å². The van der Waals surface area contributed by atoms with Gasteiger partial charge >= 0.3 is 6.03 Å². The van der Waals surface area contributed by atoms with Crippen molar-refractivity contribution >= 4 is 11.7 Å². The van der Waals surface area contributed by atoms with Gasteiger partial charge in [-0.15, -0.1) is 0 Å². The van der Waals surface area contributed by atoms with E-state index in [0.29, 0.717) is 0 Å². The van der Waals surface area contributed by atoms with Crippen LogP contribution in [0, 0.1) is 13.8 Å². The Bertz CT molecular complexity index is 397. The second-order valence-corrected chi connectivity index (χ2v) is 4.52. The largest absolute Gasteiger partial charge is 0.383 e. The molecule has 1 saturated heterocycles. The number of amides is 2. The van der Waals surface area contributed by atoms with E-state index in [-0.39, 0.29) is 6.03 Å². The van der Waals surface area contributed by atoms with Crippen molar-refractivity contribution in [2.24, 2.45) is 0 Å². The van der Waals surface area contributed by atoms with Crippen LogP contribution in [0.15, 0.2) is 18.2 Å². The highest BCUT2D eigenvalue weighted by atomic mass is 16.2. The summed E-state index contributed by atoms with van der Waals surface area (Å²) >= 11 is 0. The van der Waals surface area contributed by atoms with Gasteiger partial charge in [-0.1, -0.05) is 6.07 Å². The van der Waals surface area contributed by atoms with Crippen LogP contribution in [0.5, 0.6) is 0 Å². The minimum atomic E-state index is 0.0484. The maximum Gasteiger partial charge on any atom is 0.317 e. The summed E-state index contributed by atoms with van der Waals surface area (Å²) in [5.41, 5.74) is 3.64. The number of rotatable bonds is 4. The zero-order valence-corrected chi connectivity index (χ0v) is 10.4. The van der Waals surface area contributed by atoms with Crippen LogP contribution in [-0.4, -0.2) is 37.1 Å². The Morgan fingerprint density at radius 1 is 1.29 bits per heavy atom. The highest BCUT2D eigenvalue weighted by molar-refractivity contribution is 5.76. The Kier molecular flexibility index (Phi) is 3.52. The maximum absolute atomic E-state index is 11.3. The number of benzene rings is 1. The maximum atomic E-state index is 11.3. The van der Waals surface area contributed by atoms with Crippen LogP contribution in [0.4, 0.5) is 10.5 Å². The van der Waals surface area contributed by atoms with Crippen LogP contribution in [0.1, 0.15) is 11.1 Å². The van der Waals surface area contributed by atoms with Crippen molar-refractivity contribution in [2.75, 3.05) is 31.5 Å². The number of anilines is 1. The van der Waals surface area contributed by atoms with E-state index in [4.69, 9.17) is 0 Å². The van der Waals surface area contributed by atoms with Crippen LogP contribution < -0.4 is 10.6 Å².